The van der Waals surface area contributed by atoms with Gasteiger partial charge < -0.3 is 10.2 Å². The first-order valence-electron chi connectivity index (χ1n) is 7.82. The minimum absolute atomic E-state index is 0.624. The van der Waals surface area contributed by atoms with Crippen LogP contribution in [-0.2, 0) is 0 Å². The number of anilines is 2. The first-order valence-corrected chi connectivity index (χ1v) is 8.20. The van der Waals surface area contributed by atoms with Crippen molar-refractivity contribution < 1.29 is 0 Å². The molecule has 1 N–H and O–H groups in total. The highest BCUT2D eigenvalue weighted by Crippen LogP contribution is 2.39. The van der Waals surface area contributed by atoms with E-state index in [9.17, 15) is 0 Å². The maximum atomic E-state index is 6.35. The fraction of sp³-hybridized carbons (Fsp3) is 0.733. The smallest absolute Gasteiger partial charge is 0.224 e. The van der Waals surface area contributed by atoms with E-state index >= 15 is 0 Å². The van der Waals surface area contributed by atoms with E-state index in [1.165, 1.54) is 38.5 Å². The van der Waals surface area contributed by atoms with Gasteiger partial charge in [-0.1, -0.05) is 24.4 Å². The number of aromatic nitrogens is 2. The van der Waals surface area contributed by atoms with Crippen LogP contribution in [0, 0.1) is 5.92 Å². The third-order valence-electron chi connectivity index (χ3n) is 4.58. The molecule has 110 valence electrons. The Morgan fingerprint density at radius 2 is 2.10 bits per heavy atom. The van der Waals surface area contributed by atoms with Crippen molar-refractivity contribution >= 4 is 23.4 Å². The third-order valence-corrected chi connectivity index (χ3v) is 4.84. The van der Waals surface area contributed by atoms with Gasteiger partial charge in [-0.2, -0.15) is 4.98 Å². The average Bonchev–Trinajstić information content (AvgIpc) is 3.10. The Morgan fingerprint density at radius 3 is 2.85 bits per heavy atom. The molecule has 1 aliphatic heterocycles. The Kier molecular flexibility index (Phi) is 4.29. The molecule has 1 unspecified atom stereocenters. The van der Waals surface area contributed by atoms with E-state index in [0.717, 1.165) is 24.8 Å². The normalized spacial score (nSPS) is 23.5. The van der Waals surface area contributed by atoms with Crippen molar-refractivity contribution in [2.45, 2.75) is 51.5 Å². The molecule has 1 saturated heterocycles. The van der Waals surface area contributed by atoms with Crippen LogP contribution < -0.4 is 10.2 Å². The number of nitrogens with one attached hydrogen (secondary N) is 1. The summed E-state index contributed by atoms with van der Waals surface area (Å²) in [5.74, 6) is 2.43. The second-order valence-corrected chi connectivity index (χ2v) is 6.25. The zero-order valence-corrected chi connectivity index (χ0v) is 12.9. The molecule has 0 bridgehead atoms. The molecule has 1 atom stereocenters. The molecule has 0 aromatic carbocycles. The Hall–Kier alpha value is -1.03. The summed E-state index contributed by atoms with van der Waals surface area (Å²) in [5.41, 5.74) is 0. The molecule has 1 aromatic heterocycles. The van der Waals surface area contributed by atoms with Gasteiger partial charge >= 0.3 is 0 Å². The number of hydrogen-bond donors (Lipinski definition) is 1. The minimum atomic E-state index is 0.624. The summed E-state index contributed by atoms with van der Waals surface area (Å²) in [6.45, 7) is 3.95. The number of nitrogens with zero attached hydrogens (tertiary/aromatic N) is 3. The van der Waals surface area contributed by atoms with Crippen LogP contribution in [0.2, 0.25) is 5.02 Å². The zero-order valence-electron chi connectivity index (χ0n) is 12.1. The molecule has 3 rings (SSSR count). The molecule has 2 aliphatic rings. The van der Waals surface area contributed by atoms with E-state index in [-0.39, 0.29) is 0 Å². The van der Waals surface area contributed by atoms with Crippen LogP contribution >= 0.6 is 11.6 Å². The van der Waals surface area contributed by atoms with Gasteiger partial charge in [-0.05, 0) is 38.5 Å². The van der Waals surface area contributed by atoms with Gasteiger partial charge in [0.15, 0.2) is 5.82 Å². The standard InChI is InChI=1S/C15H23ClN4/c1-2-17-15-18-10-12(16)14(19-15)20-9-5-8-13(20)11-6-3-4-7-11/h10-11,13H,2-9H2,1H3,(H,17,18,19). The lowest BCUT2D eigenvalue weighted by molar-refractivity contribution is 0.429. The highest BCUT2D eigenvalue weighted by atomic mass is 35.5. The van der Waals surface area contributed by atoms with Crippen molar-refractivity contribution in [3.63, 3.8) is 0 Å². The van der Waals surface area contributed by atoms with Gasteiger partial charge in [0.1, 0.15) is 5.02 Å². The van der Waals surface area contributed by atoms with Gasteiger partial charge in [-0.15, -0.1) is 0 Å². The van der Waals surface area contributed by atoms with Crippen molar-refractivity contribution in [1.82, 2.24) is 9.97 Å². The number of hydrogen-bond acceptors (Lipinski definition) is 4. The highest BCUT2D eigenvalue weighted by molar-refractivity contribution is 6.32. The van der Waals surface area contributed by atoms with Crippen molar-refractivity contribution in [3.05, 3.63) is 11.2 Å². The molecule has 0 radical (unpaired) electrons. The third kappa shape index (κ3) is 2.71. The van der Waals surface area contributed by atoms with Crippen LogP contribution in [-0.4, -0.2) is 29.1 Å². The number of rotatable bonds is 4. The summed E-state index contributed by atoms with van der Waals surface area (Å²) in [4.78, 5) is 11.3. The summed E-state index contributed by atoms with van der Waals surface area (Å²) in [6.07, 6.45) is 9.75. The molecule has 1 saturated carbocycles. The molecular weight excluding hydrogens is 272 g/mol. The summed E-state index contributed by atoms with van der Waals surface area (Å²) in [5, 5.41) is 3.85. The second kappa shape index (κ2) is 6.17. The molecular formula is C15H23ClN4. The summed E-state index contributed by atoms with van der Waals surface area (Å²) in [7, 11) is 0. The lowest BCUT2D eigenvalue weighted by Gasteiger charge is -2.31. The van der Waals surface area contributed by atoms with E-state index in [1.54, 1.807) is 6.20 Å². The maximum Gasteiger partial charge on any atom is 0.224 e. The first kappa shape index (κ1) is 13.9. The zero-order chi connectivity index (χ0) is 13.9. The Morgan fingerprint density at radius 1 is 1.30 bits per heavy atom. The Balaban J connectivity index is 1.84. The quantitative estimate of drug-likeness (QED) is 0.919. The van der Waals surface area contributed by atoms with Gasteiger partial charge in [0.25, 0.3) is 0 Å². The van der Waals surface area contributed by atoms with Crippen molar-refractivity contribution in [1.29, 1.82) is 0 Å². The van der Waals surface area contributed by atoms with Crippen molar-refractivity contribution in [2.75, 3.05) is 23.3 Å². The molecule has 20 heavy (non-hydrogen) atoms. The average molecular weight is 295 g/mol. The van der Waals surface area contributed by atoms with Crippen LogP contribution in [0.1, 0.15) is 45.4 Å². The van der Waals surface area contributed by atoms with E-state index in [0.29, 0.717) is 17.0 Å². The summed E-state index contributed by atoms with van der Waals surface area (Å²) >= 11 is 6.35. The van der Waals surface area contributed by atoms with E-state index < -0.39 is 0 Å². The lowest BCUT2D eigenvalue weighted by atomic mass is 9.96. The Bertz CT molecular complexity index is 459. The predicted molar refractivity (Wildman–Crippen MR) is 83.5 cm³/mol. The van der Waals surface area contributed by atoms with Gasteiger partial charge in [0.2, 0.25) is 5.95 Å². The lowest BCUT2D eigenvalue weighted by Crippen LogP contribution is -2.35. The van der Waals surface area contributed by atoms with Crippen LogP contribution in [0.3, 0.4) is 0 Å². The molecule has 4 nitrogen and oxygen atoms in total. The fourth-order valence-electron chi connectivity index (χ4n) is 3.69. The van der Waals surface area contributed by atoms with E-state index in [4.69, 9.17) is 11.6 Å². The van der Waals surface area contributed by atoms with E-state index in [2.05, 4.69) is 27.1 Å². The van der Waals surface area contributed by atoms with E-state index in [1.807, 2.05) is 0 Å². The van der Waals surface area contributed by atoms with Gasteiger partial charge in [-0.25, -0.2) is 4.98 Å². The molecule has 1 aromatic rings. The van der Waals surface area contributed by atoms with Crippen molar-refractivity contribution in [2.24, 2.45) is 5.92 Å². The van der Waals surface area contributed by atoms with Gasteiger partial charge in [0.05, 0.1) is 6.20 Å². The predicted octanol–water partition coefficient (Wildman–Crippen LogP) is 3.72. The molecule has 5 heteroatoms. The van der Waals surface area contributed by atoms with Gasteiger partial charge in [0, 0.05) is 19.1 Å². The highest BCUT2D eigenvalue weighted by Gasteiger charge is 2.35. The molecule has 0 amide bonds. The van der Waals surface area contributed by atoms with Crippen LogP contribution in [0.4, 0.5) is 11.8 Å². The first-order chi connectivity index (χ1) is 9.79. The Labute approximate surface area is 125 Å². The monoisotopic (exact) mass is 294 g/mol. The van der Waals surface area contributed by atoms with Crippen molar-refractivity contribution in [3.8, 4) is 0 Å². The summed E-state index contributed by atoms with van der Waals surface area (Å²) in [6, 6.07) is 0.624. The second-order valence-electron chi connectivity index (χ2n) is 5.84. The molecule has 0 spiro atoms. The molecule has 2 fully saturated rings. The minimum Gasteiger partial charge on any atom is -0.354 e. The van der Waals surface area contributed by atoms with Crippen LogP contribution in [0.25, 0.3) is 0 Å². The topological polar surface area (TPSA) is 41.1 Å². The van der Waals surface area contributed by atoms with Gasteiger partial charge in [-0.3, -0.25) is 0 Å². The van der Waals surface area contributed by atoms with Crippen LogP contribution in [0.5, 0.6) is 0 Å². The van der Waals surface area contributed by atoms with Crippen LogP contribution in [0.15, 0.2) is 6.20 Å². The molecule has 1 aliphatic carbocycles. The fourth-order valence-corrected chi connectivity index (χ4v) is 3.89. The largest absolute Gasteiger partial charge is 0.354 e. The SMILES string of the molecule is CCNc1ncc(Cl)c(N2CCCC2C2CCCC2)n1. The molecule has 2 heterocycles. The number of halogens is 1. The maximum absolute atomic E-state index is 6.35. The summed E-state index contributed by atoms with van der Waals surface area (Å²) < 4.78 is 0.